The van der Waals surface area contributed by atoms with Crippen molar-refractivity contribution >= 4 is 0 Å². The van der Waals surface area contributed by atoms with Crippen LogP contribution in [0.4, 0.5) is 13.2 Å². The van der Waals surface area contributed by atoms with Crippen molar-refractivity contribution in [1.82, 2.24) is 0 Å². The van der Waals surface area contributed by atoms with Gasteiger partial charge in [-0.05, 0) is 49.3 Å². The second-order valence-electron chi connectivity index (χ2n) is 5.98. The average Bonchev–Trinajstić information content (AvgIpc) is 3.14. The van der Waals surface area contributed by atoms with Gasteiger partial charge in [-0.1, -0.05) is 12.1 Å². The summed E-state index contributed by atoms with van der Waals surface area (Å²) in [6.45, 7) is 0.660. The molecule has 0 radical (unpaired) electrons. The highest BCUT2D eigenvalue weighted by Crippen LogP contribution is 2.43. The van der Waals surface area contributed by atoms with Crippen molar-refractivity contribution in [2.75, 3.05) is 6.61 Å². The first-order valence-electron chi connectivity index (χ1n) is 7.11. The molecule has 116 valence electrons. The number of ether oxygens (including phenoxy) is 2. The van der Waals surface area contributed by atoms with E-state index in [9.17, 15) is 13.2 Å². The molecule has 1 saturated carbocycles. The highest BCUT2D eigenvalue weighted by molar-refractivity contribution is 5.29. The molecule has 21 heavy (non-hydrogen) atoms. The first kappa shape index (κ1) is 14.7. The van der Waals surface area contributed by atoms with Crippen molar-refractivity contribution in [3.8, 4) is 5.75 Å². The van der Waals surface area contributed by atoms with Crippen molar-refractivity contribution in [2.45, 2.75) is 43.7 Å². The lowest BCUT2D eigenvalue weighted by Crippen LogP contribution is -2.50. The minimum Gasteiger partial charge on any atom is -0.406 e. The van der Waals surface area contributed by atoms with Gasteiger partial charge < -0.3 is 15.2 Å². The van der Waals surface area contributed by atoms with E-state index in [-0.39, 0.29) is 11.9 Å². The van der Waals surface area contributed by atoms with E-state index in [4.69, 9.17) is 10.5 Å². The maximum atomic E-state index is 12.1. The molecule has 6 heteroatoms. The standard InChI is InChI=1S/C15H18F3NO2/c16-15(17,18)21-12-5-1-10(2-6-12)9-14(19)7-8-20-13(14)11-3-4-11/h1-2,5-6,11,13H,3-4,7-9,19H2. The summed E-state index contributed by atoms with van der Waals surface area (Å²) in [5, 5.41) is 0. The van der Waals surface area contributed by atoms with Crippen molar-refractivity contribution in [1.29, 1.82) is 0 Å². The molecular formula is C15H18F3NO2. The van der Waals surface area contributed by atoms with Crippen molar-refractivity contribution in [3.63, 3.8) is 0 Å². The zero-order chi connectivity index (χ0) is 15.1. The molecule has 1 saturated heterocycles. The smallest absolute Gasteiger partial charge is 0.406 e. The van der Waals surface area contributed by atoms with Crippen molar-refractivity contribution in [3.05, 3.63) is 29.8 Å². The predicted molar refractivity (Wildman–Crippen MR) is 70.8 cm³/mol. The monoisotopic (exact) mass is 301 g/mol. The van der Waals surface area contributed by atoms with Gasteiger partial charge in [0.05, 0.1) is 6.10 Å². The third-order valence-corrected chi connectivity index (χ3v) is 4.17. The Morgan fingerprint density at radius 2 is 1.90 bits per heavy atom. The Morgan fingerprint density at radius 3 is 2.48 bits per heavy atom. The largest absolute Gasteiger partial charge is 0.573 e. The summed E-state index contributed by atoms with van der Waals surface area (Å²) < 4.78 is 46.0. The lowest BCUT2D eigenvalue weighted by Gasteiger charge is -2.30. The van der Waals surface area contributed by atoms with Crippen LogP contribution in [-0.2, 0) is 11.2 Å². The molecule has 0 spiro atoms. The van der Waals surface area contributed by atoms with Gasteiger partial charge in [-0.25, -0.2) is 0 Å². The van der Waals surface area contributed by atoms with Crippen LogP contribution in [0, 0.1) is 5.92 Å². The molecule has 0 amide bonds. The van der Waals surface area contributed by atoms with E-state index in [1.807, 2.05) is 0 Å². The quantitative estimate of drug-likeness (QED) is 0.929. The Kier molecular flexibility index (Phi) is 3.61. The highest BCUT2D eigenvalue weighted by Gasteiger charge is 2.48. The maximum Gasteiger partial charge on any atom is 0.573 e. The van der Waals surface area contributed by atoms with Gasteiger partial charge in [-0.3, -0.25) is 0 Å². The van der Waals surface area contributed by atoms with Crippen LogP contribution in [0.1, 0.15) is 24.8 Å². The van der Waals surface area contributed by atoms with Gasteiger partial charge in [0.1, 0.15) is 5.75 Å². The normalized spacial score (nSPS) is 29.6. The summed E-state index contributed by atoms with van der Waals surface area (Å²) in [6, 6.07) is 5.93. The summed E-state index contributed by atoms with van der Waals surface area (Å²) >= 11 is 0. The number of hydrogen-bond donors (Lipinski definition) is 1. The minimum absolute atomic E-state index is 0.0728. The summed E-state index contributed by atoms with van der Waals surface area (Å²) in [5.74, 6) is 0.337. The fraction of sp³-hybridized carbons (Fsp3) is 0.600. The molecule has 2 aliphatic rings. The first-order chi connectivity index (χ1) is 9.86. The lowest BCUT2D eigenvalue weighted by atomic mass is 9.83. The third-order valence-electron chi connectivity index (χ3n) is 4.17. The lowest BCUT2D eigenvalue weighted by molar-refractivity contribution is -0.274. The van der Waals surface area contributed by atoms with E-state index in [2.05, 4.69) is 4.74 Å². The molecule has 0 aromatic heterocycles. The van der Waals surface area contributed by atoms with Crippen LogP contribution < -0.4 is 10.5 Å². The topological polar surface area (TPSA) is 44.5 Å². The Morgan fingerprint density at radius 1 is 1.24 bits per heavy atom. The summed E-state index contributed by atoms with van der Waals surface area (Å²) in [6.07, 6.45) is -0.879. The number of alkyl halides is 3. The van der Waals surface area contributed by atoms with Gasteiger partial charge in [0.25, 0.3) is 0 Å². The fourth-order valence-corrected chi connectivity index (χ4v) is 3.07. The van der Waals surface area contributed by atoms with Crippen LogP contribution in [0.2, 0.25) is 0 Å². The first-order valence-corrected chi connectivity index (χ1v) is 7.11. The summed E-state index contributed by atoms with van der Waals surface area (Å²) in [5.41, 5.74) is 6.98. The molecule has 1 heterocycles. The van der Waals surface area contributed by atoms with Crippen LogP contribution in [0.15, 0.2) is 24.3 Å². The molecule has 2 unspecified atom stereocenters. The molecule has 1 aromatic carbocycles. The number of halogens is 3. The highest BCUT2D eigenvalue weighted by atomic mass is 19.4. The summed E-state index contributed by atoms with van der Waals surface area (Å²) in [4.78, 5) is 0. The predicted octanol–water partition coefficient (Wildman–Crippen LogP) is 3.02. The Balaban J connectivity index is 1.67. The van der Waals surface area contributed by atoms with Crippen LogP contribution in [0.5, 0.6) is 5.75 Å². The van der Waals surface area contributed by atoms with Gasteiger partial charge in [0, 0.05) is 12.1 Å². The number of nitrogens with two attached hydrogens (primary N) is 1. The van der Waals surface area contributed by atoms with Gasteiger partial charge in [-0.2, -0.15) is 0 Å². The number of benzene rings is 1. The molecule has 2 fully saturated rings. The molecule has 1 aromatic rings. The molecule has 3 rings (SSSR count). The van der Waals surface area contributed by atoms with Crippen LogP contribution >= 0.6 is 0 Å². The summed E-state index contributed by atoms with van der Waals surface area (Å²) in [7, 11) is 0. The van der Waals surface area contributed by atoms with Gasteiger partial charge in [-0.15, -0.1) is 13.2 Å². The molecule has 1 aliphatic carbocycles. The molecule has 1 aliphatic heterocycles. The Labute approximate surface area is 121 Å². The second-order valence-corrected chi connectivity index (χ2v) is 5.98. The zero-order valence-corrected chi connectivity index (χ0v) is 11.5. The Bertz CT molecular complexity index is 499. The van der Waals surface area contributed by atoms with E-state index in [1.54, 1.807) is 12.1 Å². The number of rotatable bonds is 4. The van der Waals surface area contributed by atoms with Crippen molar-refractivity contribution in [2.24, 2.45) is 11.7 Å². The number of hydrogen-bond acceptors (Lipinski definition) is 3. The van der Waals surface area contributed by atoms with Crippen LogP contribution in [0.3, 0.4) is 0 Å². The van der Waals surface area contributed by atoms with E-state index in [1.165, 1.54) is 12.1 Å². The maximum absolute atomic E-state index is 12.1. The molecule has 0 bridgehead atoms. The molecule has 2 atom stereocenters. The van der Waals surface area contributed by atoms with Crippen LogP contribution in [0.25, 0.3) is 0 Å². The minimum atomic E-state index is -4.66. The second kappa shape index (κ2) is 5.18. The van der Waals surface area contributed by atoms with Crippen LogP contribution in [-0.4, -0.2) is 24.6 Å². The van der Waals surface area contributed by atoms with Gasteiger partial charge in [0.15, 0.2) is 0 Å². The third kappa shape index (κ3) is 3.49. The van der Waals surface area contributed by atoms with Gasteiger partial charge >= 0.3 is 6.36 Å². The molecule has 3 nitrogen and oxygen atoms in total. The molecule has 2 N–H and O–H groups in total. The SMILES string of the molecule is NC1(Cc2ccc(OC(F)(F)F)cc2)CCOC1C1CC1. The van der Waals surface area contributed by atoms with E-state index >= 15 is 0 Å². The van der Waals surface area contributed by atoms with Crippen molar-refractivity contribution < 1.29 is 22.6 Å². The van der Waals surface area contributed by atoms with E-state index in [0.717, 1.165) is 24.8 Å². The molecular weight excluding hydrogens is 283 g/mol. The average molecular weight is 301 g/mol. The Hall–Kier alpha value is -1.27. The zero-order valence-electron chi connectivity index (χ0n) is 11.5. The van der Waals surface area contributed by atoms with E-state index < -0.39 is 11.9 Å². The van der Waals surface area contributed by atoms with E-state index in [0.29, 0.717) is 18.9 Å². The fourth-order valence-electron chi connectivity index (χ4n) is 3.07. The van der Waals surface area contributed by atoms with Gasteiger partial charge in [0.2, 0.25) is 0 Å².